The van der Waals surface area contributed by atoms with E-state index in [2.05, 4.69) is 34.3 Å². The predicted octanol–water partition coefficient (Wildman–Crippen LogP) is 0.289. The maximum atomic E-state index is 4.04. The third kappa shape index (κ3) is 4.28. The van der Waals surface area contributed by atoms with Gasteiger partial charge in [0.1, 0.15) is 12.2 Å². The lowest BCUT2D eigenvalue weighted by Gasteiger charge is -2.17. The van der Waals surface area contributed by atoms with E-state index in [-0.39, 0.29) is 0 Å². The van der Waals surface area contributed by atoms with Gasteiger partial charge < -0.3 is 14.8 Å². The molecule has 0 unspecified atom stereocenters. The molecule has 5 nitrogen and oxygen atoms in total. The molecule has 0 atom stereocenters. The molecule has 0 radical (unpaired) electrons. The van der Waals surface area contributed by atoms with Crippen molar-refractivity contribution in [3.05, 3.63) is 12.2 Å². The summed E-state index contributed by atoms with van der Waals surface area (Å²) in [7, 11) is 1.98. The molecule has 0 amide bonds. The lowest BCUT2D eigenvalue weighted by atomic mass is 10.4. The second-order valence-corrected chi connectivity index (χ2v) is 3.88. The van der Waals surface area contributed by atoms with Crippen LogP contribution in [0.5, 0.6) is 0 Å². The van der Waals surface area contributed by atoms with Gasteiger partial charge in [-0.15, -0.1) is 10.2 Å². The highest BCUT2D eigenvalue weighted by molar-refractivity contribution is 4.84. The van der Waals surface area contributed by atoms with Crippen molar-refractivity contribution in [2.45, 2.75) is 20.3 Å². The van der Waals surface area contributed by atoms with Gasteiger partial charge >= 0.3 is 0 Å². The summed E-state index contributed by atoms with van der Waals surface area (Å²) in [5.41, 5.74) is 0. The molecule has 0 saturated heterocycles. The van der Waals surface area contributed by atoms with Gasteiger partial charge in [-0.3, -0.25) is 0 Å². The van der Waals surface area contributed by atoms with Crippen molar-refractivity contribution in [2.75, 3.05) is 32.7 Å². The van der Waals surface area contributed by atoms with Crippen molar-refractivity contribution < 1.29 is 0 Å². The normalized spacial score (nSPS) is 11.2. The van der Waals surface area contributed by atoms with Gasteiger partial charge in [-0.2, -0.15) is 0 Å². The Morgan fingerprint density at radius 2 is 2.06 bits per heavy atom. The zero-order chi connectivity index (χ0) is 11.8. The van der Waals surface area contributed by atoms with E-state index in [1.165, 1.54) is 0 Å². The Hall–Kier alpha value is -0.940. The van der Waals surface area contributed by atoms with E-state index >= 15 is 0 Å². The molecule has 0 aliphatic heterocycles. The van der Waals surface area contributed by atoms with Gasteiger partial charge in [0.05, 0.1) is 0 Å². The molecule has 92 valence electrons. The maximum Gasteiger partial charge on any atom is 0.133 e. The standard InChI is InChI=1S/C11H23N5/c1-4-16(5-2)9-8-12-7-6-11-14-13-10-15(11)3/h10,12H,4-9H2,1-3H3. The van der Waals surface area contributed by atoms with Crippen LogP contribution >= 0.6 is 0 Å². The Kier molecular flexibility index (Phi) is 6.03. The highest BCUT2D eigenvalue weighted by Crippen LogP contribution is 1.91. The second kappa shape index (κ2) is 7.35. The second-order valence-electron chi connectivity index (χ2n) is 3.88. The molecule has 5 heteroatoms. The van der Waals surface area contributed by atoms with E-state index in [0.29, 0.717) is 0 Å². The smallest absolute Gasteiger partial charge is 0.133 e. The highest BCUT2D eigenvalue weighted by Gasteiger charge is 2.00. The lowest BCUT2D eigenvalue weighted by Crippen LogP contribution is -2.32. The number of hydrogen-bond acceptors (Lipinski definition) is 4. The van der Waals surface area contributed by atoms with E-state index in [1.54, 1.807) is 6.33 Å². The summed E-state index contributed by atoms with van der Waals surface area (Å²) in [6, 6.07) is 0. The fourth-order valence-corrected chi connectivity index (χ4v) is 1.64. The van der Waals surface area contributed by atoms with Crippen molar-refractivity contribution in [1.29, 1.82) is 0 Å². The Bertz CT molecular complexity index is 280. The molecular weight excluding hydrogens is 202 g/mol. The summed E-state index contributed by atoms with van der Waals surface area (Å²) in [5, 5.41) is 11.3. The summed E-state index contributed by atoms with van der Waals surface area (Å²) in [6.07, 6.45) is 2.68. The molecule has 1 aromatic rings. The number of nitrogens with one attached hydrogen (secondary N) is 1. The Balaban J connectivity index is 2.06. The predicted molar refractivity (Wildman–Crippen MR) is 65.4 cm³/mol. The van der Waals surface area contributed by atoms with Crippen molar-refractivity contribution in [3.63, 3.8) is 0 Å². The quantitative estimate of drug-likeness (QED) is 0.646. The van der Waals surface area contributed by atoms with Crippen LogP contribution in [0.4, 0.5) is 0 Å². The van der Waals surface area contributed by atoms with Crippen molar-refractivity contribution in [1.82, 2.24) is 25.0 Å². The van der Waals surface area contributed by atoms with Crippen LogP contribution in [0, 0.1) is 0 Å². The van der Waals surface area contributed by atoms with Crippen LogP contribution in [0.1, 0.15) is 19.7 Å². The first-order chi connectivity index (χ1) is 7.77. The number of rotatable bonds is 8. The number of likely N-dealkylation sites (N-methyl/N-ethyl adjacent to an activating group) is 1. The molecule has 1 heterocycles. The third-order valence-corrected chi connectivity index (χ3v) is 2.83. The molecule has 1 rings (SSSR count). The van der Waals surface area contributed by atoms with Crippen LogP contribution in [0.25, 0.3) is 0 Å². The van der Waals surface area contributed by atoms with Gasteiger partial charge in [0, 0.05) is 33.1 Å². The minimum Gasteiger partial charge on any atom is -0.321 e. The van der Waals surface area contributed by atoms with Gasteiger partial charge in [-0.1, -0.05) is 13.8 Å². The van der Waals surface area contributed by atoms with Crippen LogP contribution in [0.3, 0.4) is 0 Å². The minimum atomic E-state index is 0.939. The molecule has 0 spiro atoms. The molecule has 0 aliphatic rings. The molecule has 0 saturated carbocycles. The first-order valence-electron chi connectivity index (χ1n) is 6.03. The zero-order valence-corrected chi connectivity index (χ0v) is 10.6. The summed E-state index contributed by atoms with van der Waals surface area (Å²) >= 11 is 0. The maximum absolute atomic E-state index is 4.04. The number of aromatic nitrogens is 3. The average molecular weight is 225 g/mol. The first kappa shape index (κ1) is 13.1. The Labute approximate surface area is 97.9 Å². The molecule has 0 aromatic carbocycles. The zero-order valence-electron chi connectivity index (χ0n) is 10.6. The van der Waals surface area contributed by atoms with Crippen LogP contribution in [-0.2, 0) is 13.5 Å². The fourth-order valence-electron chi connectivity index (χ4n) is 1.64. The van der Waals surface area contributed by atoms with Crippen molar-refractivity contribution in [3.8, 4) is 0 Å². The molecule has 0 aliphatic carbocycles. The summed E-state index contributed by atoms with van der Waals surface area (Å²) in [5.74, 6) is 1.04. The molecule has 0 bridgehead atoms. The highest BCUT2D eigenvalue weighted by atomic mass is 15.2. The molecule has 1 N–H and O–H groups in total. The first-order valence-corrected chi connectivity index (χ1v) is 6.03. The van der Waals surface area contributed by atoms with Gasteiger partial charge in [0.15, 0.2) is 0 Å². The summed E-state index contributed by atoms with van der Waals surface area (Å²) in [6.45, 7) is 9.77. The molecular formula is C11H23N5. The SMILES string of the molecule is CCN(CC)CCNCCc1nncn1C. The van der Waals surface area contributed by atoms with Crippen molar-refractivity contribution >= 4 is 0 Å². The Morgan fingerprint density at radius 3 is 2.62 bits per heavy atom. The molecule has 16 heavy (non-hydrogen) atoms. The van der Waals surface area contributed by atoms with Crippen LogP contribution in [-0.4, -0.2) is 52.4 Å². The summed E-state index contributed by atoms with van der Waals surface area (Å²) < 4.78 is 1.96. The van der Waals surface area contributed by atoms with Gasteiger partial charge in [0.25, 0.3) is 0 Å². The lowest BCUT2D eigenvalue weighted by molar-refractivity contribution is 0.302. The van der Waals surface area contributed by atoms with Crippen LogP contribution < -0.4 is 5.32 Å². The number of aryl methyl sites for hydroxylation is 1. The van der Waals surface area contributed by atoms with E-state index in [1.807, 2.05) is 11.6 Å². The van der Waals surface area contributed by atoms with E-state index < -0.39 is 0 Å². The van der Waals surface area contributed by atoms with E-state index in [0.717, 1.165) is 45.0 Å². The molecule has 1 aromatic heterocycles. The van der Waals surface area contributed by atoms with E-state index in [9.17, 15) is 0 Å². The van der Waals surface area contributed by atoms with Gasteiger partial charge in [-0.05, 0) is 13.1 Å². The minimum absolute atomic E-state index is 0.939. The van der Waals surface area contributed by atoms with Crippen LogP contribution in [0.15, 0.2) is 6.33 Å². The van der Waals surface area contributed by atoms with E-state index in [4.69, 9.17) is 0 Å². The fraction of sp³-hybridized carbons (Fsp3) is 0.818. The number of hydrogen-bond donors (Lipinski definition) is 1. The van der Waals surface area contributed by atoms with Crippen LogP contribution in [0.2, 0.25) is 0 Å². The third-order valence-electron chi connectivity index (χ3n) is 2.83. The number of nitrogens with zero attached hydrogens (tertiary/aromatic N) is 4. The largest absolute Gasteiger partial charge is 0.321 e. The topological polar surface area (TPSA) is 46.0 Å². The van der Waals surface area contributed by atoms with Gasteiger partial charge in [0.2, 0.25) is 0 Å². The monoisotopic (exact) mass is 225 g/mol. The summed E-state index contributed by atoms with van der Waals surface area (Å²) in [4.78, 5) is 2.41. The van der Waals surface area contributed by atoms with Crippen molar-refractivity contribution in [2.24, 2.45) is 7.05 Å². The Morgan fingerprint density at radius 1 is 1.31 bits per heavy atom. The average Bonchev–Trinajstić information content (AvgIpc) is 2.70. The molecule has 0 fully saturated rings. The van der Waals surface area contributed by atoms with Gasteiger partial charge in [-0.25, -0.2) is 0 Å².